The first-order valence-electron chi connectivity index (χ1n) is 8.93. The molecule has 6 nitrogen and oxygen atoms in total. The lowest BCUT2D eigenvalue weighted by atomic mass is 10.1. The molecule has 0 spiro atoms. The van der Waals surface area contributed by atoms with Gasteiger partial charge in [0.05, 0.1) is 18.1 Å². The molecule has 1 aliphatic heterocycles. The Kier molecular flexibility index (Phi) is 5.94. The van der Waals surface area contributed by atoms with Gasteiger partial charge in [0.2, 0.25) is 10.0 Å². The largest absolute Gasteiger partial charge is 0.378 e. The monoisotopic (exact) mass is 388 g/mol. The summed E-state index contributed by atoms with van der Waals surface area (Å²) in [5, 5.41) is 0. The second-order valence-electron chi connectivity index (χ2n) is 6.63. The van der Waals surface area contributed by atoms with Crippen LogP contribution < -0.4 is 4.72 Å². The van der Waals surface area contributed by atoms with E-state index in [1.54, 1.807) is 17.9 Å². The predicted molar refractivity (Wildman–Crippen MR) is 103 cm³/mol. The Labute approximate surface area is 160 Å². The van der Waals surface area contributed by atoms with Crippen LogP contribution in [0.5, 0.6) is 0 Å². The number of carbonyl (C=O) groups is 1. The van der Waals surface area contributed by atoms with Gasteiger partial charge in [0.25, 0.3) is 5.91 Å². The summed E-state index contributed by atoms with van der Waals surface area (Å²) in [5.74, 6) is -0.163. The lowest BCUT2D eigenvalue weighted by Gasteiger charge is -2.27. The average Bonchev–Trinajstić information content (AvgIpc) is 2.68. The standard InChI is InChI=1S/C20H24N2O4S/c1-15-8-9-18(14-19(15)20(23)22-10-12-26-13-11-22)27(24,25)21-16(2)17-6-4-3-5-7-17/h3-9,14,16,21H,10-13H2,1-2H3/t16-/m1/s1. The molecule has 1 fully saturated rings. The highest BCUT2D eigenvalue weighted by Crippen LogP contribution is 2.21. The number of carbonyl (C=O) groups excluding carboxylic acids is 1. The first-order chi connectivity index (χ1) is 12.9. The summed E-state index contributed by atoms with van der Waals surface area (Å²) in [6, 6.07) is 13.7. The van der Waals surface area contributed by atoms with E-state index in [2.05, 4.69) is 4.72 Å². The zero-order valence-electron chi connectivity index (χ0n) is 15.5. The number of nitrogens with one attached hydrogen (secondary N) is 1. The van der Waals surface area contributed by atoms with Crippen molar-refractivity contribution in [1.82, 2.24) is 9.62 Å². The number of hydrogen-bond donors (Lipinski definition) is 1. The van der Waals surface area contributed by atoms with Crippen LogP contribution in [0, 0.1) is 6.92 Å². The van der Waals surface area contributed by atoms with Gasteiger partial charge in [-0.05, 0) is 37.1 Å². The quantitative estimate of drug-likeness (QED) is 0.854. The van der Waals surface area contributed by atoms with E-state index in [0.29, 0.717) is 31.9 Å². The average molecular weight is 388 g/mol. The molecule has 0 unspecified atom stereocenters. The Balaban J connectivity index is 1.84. The summed E-state index contributed by atoms with van der Waals surface area (Å²) in [7, 11) is -3.76. The maximum absolute atomic E-state index is 12.8. The molecule has 1 N–H and O–H groups in total. The number of amides is 1. The van der Waals surface area contributed by atoms with Crippen molar-refractivity contribution in [3.05, 3.63) is 65.2 Å². The number of aryl methyl sites for hydroxylation is 1. The first-order valence-corrected chi connectivity index (χ1v) is 10.4. The van der Waals surface area contributed by atoms with Crippen LogP contribution in [0.1, 0.15) is 34.5 Å². The van der Waals surface area contributed by atoms with E-state index in [-0.39, 0.29) is 16.8 Å². The first kappa shape index (κ1) is 19.5. The van der Waals surface area contributed by atoms with Crippen molar-refractivity contribution in [2.45, 2.75) is 24.8 Å². The molecule has 1 saturated heterocycles. The van der Waals surface area contributed by atoms with Crippen LogP contribution >= 0.6 is 0 Å². The number of rotatable bonds is 5. The molecule has 0 aromatic heterocycles. The van der Waals surface area contributed by atoms with E-state index in [0.717, 1.165) is 11.1 Å². The third kappa shape index (κ3) is 4.55. The second kappa shape index (κ2) is 8.21. The molecule has 3 rings (SSSR count). The number of ether oxygens (including phenoxy) is 1. The van der Waals surface area contributed by atoms with Gasteiger partial charge < -0.3 is 9.64 Å². The summed E-state index contributed by atoms with van der Waals surface area (Å²) in [4.78, 5) is 14.6. The molecule has 0 aliphatic carbocycles. The predicted octanol–water partition coefficient (Wildman–Crippen LogP) is 2.51. The number of morpholine rings is 1. The molecule has 2 aromatic rings. The summed E-state index contributed by atoms with van der Waals surface area (Å²) in [6.07, 6.45) is 0. The van der Waals surface area contributed by atoms with Gasteiger partial charge in [-0.15, -0.1) is 0 Å². The maximum Gasteiger partial charge on any atom is 0.254 e. The molecule has 1 heterocycles. The highest BCUT2D eigenvalue weighted by atomic mass is 32.2. The van der Waals surface area contributed by atoms with Gasteiger partial charge in [-0.3, -0.25) is 4.79 Å². The van der Waals surface area contributed by atoms with E-state index in [1.165, 1.54) is 12.1 Å². The molecule has 144 valence electrons. The SMILES string of the molecule is Cc1ccc(S(=O)(=O)N[C@H](C)c2ccccc2)cc1C(=O)N1CCOCC1. The lowest BCUT2D eigenvalue weighted by Crippen LogP contribution is -2.41. The van der Waals surface area contributed by atoms with Gasteiger partial charge in [-0.25, -0.2) is 13.1 Å². The van der Waals surface area contributed by atoms with E-state index in [4.69, 9.17) is 4.74 Å². The van der Waals surface area contributed by atoms with Gasteiger partial charge in [0.1, 0.15) is 0 Å². The fourth-order valence-corrected chi connectivity index (χ4v) is 4.30. The summed E-state index contributed by atoms with van der Waals surface area (Å²) in [6.45, 7) is 5.62. The minimum Gasteiger partial charge on any atom is -0.378 e. The Hall–Kier alpha value is -2.22. The minimum atomic E-state index is -3.76. The van der Waals surface area contributed by atoms with E-state index >= 15 is 0 Å². The molecule has 1 aliphatic rings. The molecule has 7 heteroatoms. The Morgan fingerprint density at radius 1 is 1.11 bits per heavy atom. The smallest absolute Gasteiger partial charge is 0.254 e. The van der Waals surface area contributed by atoms with Crippen LogP contribution in [0.2, 0.25) is 0 Å². The van der Waals surface area contributed by atoms with Crippen molar-refractivity contribution < 1.29 is 17.9 Å². The zero-order chi connectivity index (χ0) is 19.4. The molecule has 2 aromatic carbocycles. The highest BCUT2D eigenvalue weighted by molar-refractivity contribution is 7.89. The highest BCUT2D eigenvalue weighted by Gasteiger charge is 2.24. The van der Waals surface area contributed by atoms with Crippen molar-refractivity contribution >= 4 is 15.9 Å². The van der Waals surface area contributed by atoms with Crippen molar-refractivity contribution in [3.8, 4) is 0 Å². The van der Waals surface area contributed by atoms with Crippen molar-refractivity contribution in [2.24, 2.45) is 0 Å². The van der Waals surface area contributed by atoms with Gasteiger partial charge in [0.15, 0.2) is 0 Å². The summed E-state index contributed by atoms with van der Waals surface area (Å²) in [5.41, 5.74) is 2.03. The van der Waals surface area contributed by atoms with Gasteiger partial charge in [-0.2, -0.15) is 0 Å². The second-order valence-corrected chi connectivity index (χ2v) is 8.35. The third-order valence-electron chi connectivity index (χ3n) is 4.68. The third-order valence-corrected chi connectivity index (χ3v) is 6.22. The summed E-state index contributed by atoms with van der Waals surface area (Å²) < 4.78 is 33.6. The van der Waals surface area contributed by atoms with Crippen molar-refractivity contribution in [2.75, 3.05) is 26.3 Å². The summed E-state index contributed by atoms with van der Waals surface area (Å²) >= 11 is 0. The number of benzene rings is 2. The van der Waals surface area contributed by atoms with Crippen LogP contribution in [0.15, 0.2) is 53.4 Å². The molecule has 0 saturated carbocycles. The fourth-order valence-electron chi connectivity index (χ4n) is 3.05. The van der Waals surface area contributed by atoms with Crippen LogP contribution in [0.4, 0.5) is 0 Å². The number of hydrogen-bond acceptors (Lipinski definition) is 4. The van der Waals surface area contributed by atoms with Crippen molar-refractivity contribution in [3.63, 3.8) is 0 Å². The van der Waals surface area contributed by atoms with Crippen LogP contribution in [-0.4, -0.2) is 45.5 Å². The zero-order valence-corrected chi connectivity index (χ0v) is 16.3. The van der Waals surface area contributed by atoms with Gasteiger partial charge in [-0.1, -0.05) is 36.4 Å². The number of sulfonamides is 1. The Morgan fingerprint density at radius 2 is 1.78 bits per heavy atom. The Bertz CT molecular complexity index is 907. The Morgan fingerprint density at radius 3 is 2.44 bits per heavy atom. The van der Waals surface area contributed by atoms with E-state index < -0.39 is 10.0 Å². The molecular weight excluding hydrogens is 364 g/mol. The van der Waals surface area contributed by atoms with Gasteiger partial charge >= 0.3 is 0 Å². The normalized spacial score (nSPS) is 16.1. The lowest BCUT2D eigenvalue weighted by molar-refractivity contribution is 0.0302. The van der Waals surface area contributed by atoms with Crippen LogP contribution in [-0.2, 0) is 14.8 Å². The van der Waals surface area contributed by atoms with Gasteiger partial charge in [0, 0.05) is 24.7 Å². The van der Waals surface area contributed by atoms with E-state index in [1.807, 2.05) is 37.3 Å². The molecule has 0 radical (unpaired) electrons. The fraction of sp³-hybridized carbons (Fsp3) is 0.350. The molecule has 1 atom stereocenters. The van der Waals surface area contributed by atoms with Crippen molar-refractivity contribution in [1.29, 1.82) is 0 Å². The molecule has 1 amide bonds. The topological polar surface area (TPSA) is 75.7 Å². The van der Waals surface area contributed by atoms with Crippen LogP contribution in [0.25, 0.3) is 0 Å². The molecule has 0 bridgehead atoms. The van der Waals surface area contributed by atoms with Crippen LogP contribution in [0.3, 0.4) is 0 Å². The minimum absolute atomic E-state index is 0.0903. The van der Waals surface area contributed by atoms with E-state index in [9.17, 15) is 13.2 Å². The maximum atomic E-state index is 12.8. The molecule has 27 heavy (non-hydrogen) atoms. The number of nitrogens with zero attached hydrogens (tertiary/aromatic N) is 1. The molecular formula is C20H24N2O4S.